The van der Waals surface area contributed by atoms with Gasteiger partial charge in [0.15, 0.2) is 5.78 Å². The van der Waals surface area contributed by atoms with Gasteiger partial charge < -0.3 is 5.11 Å². The lowest BCUT2D eigenvalue weighted by Crippen LogP contribution is -1.83. The van der Waals surface area contributed by atoms with Gasteiger partial charge in [0.05, 0.1) is 6.61 Å². The van der Waals surface area contributed by atoms with Crippen molar-refractivity contribution in [3.8, 4) is 0 Å². The van der Waals surface area contributed by atoms with Crippen LogP contribution < -0.4 is 0 Å². The van der Waals surface area contributed by atoms with E-state index in [1.807, 2.05) is 24.3 Å². The monoisotopic (exact) mass is 176 g/mol. The van der Waals surface area contributed by atoms with Crippen LogP contribution in [-0.4, -0.2) is 10.9 Å². The standard InChI is InChI=1S/C11H12O2/c1-9(13)2-3-10-4-6-11(8-12)7-5-10/h2-7,12H,8H2,1H3. The van der Waals surface area contributed by atoms with Crippen molar-refractivity contribution in [3.05, 3.63) is 41.5 Å². The molecular formula is C11H12O2. The normalized spacial score (nSPS) is 10.6. The molecule has 2 nitrogen and oxygen atoms in total. The lowest BCUT2D eigenvalue weighted by Gasteiger charge is -1.95. The summed E-state index contributed by atoms with van der Waals surface area (Å²) in [5, 5.41) is 8.77. The van der Waals surface area contributed by atoms with Crippen LogP contribution in [0, 0.1) is 0 Å². The van der Waals surface area contributed by atoms with E-state index in [0.717, 1.165) is 11.1 Å². The van der Waals surface area contributed by atoms with E-state index in [9.17, 15) is 4.79 Å². The Morgan fingerprint density at radius 2 is 2.00 bits per heavy atom. The Labute approximate surface area is 77.5 Å². The minimum Gasteiger partial charge on any atom is -0.392 e. The number of rotatable bonds is 3. The zero-order valence-corrected chi connectivity index (χ0v) is 7.53. The quantitative estimate of drug-likeness (QED) is 0.713. The van der Waals surface area contributed by atoms with Gasteiger partial charge in [0.2, 0.25) is 0 Å². The average molecular weight is 176 g/mol. The first-order chi connectivity index (χ1) is 6.22. The van der Waals surface area contributed by atoms with Crippen LogP contribution in [0.4, 0.5) is 0 Å². The molecule has 2 heteroatoms. The highest BCUT2D eigenvalue weighted by Crippen LogP contribution is 2.05. The van der Waals surface area contributed by atoms with Crippen molar-refractivity contribution in [3.63, 3.8) is 0 Å². The summed E-state index contributed by atoms with van der Waals surface area (Å²) >= 11 is 0. The molecule has 1 aromatic rings. The highest BCUT2D eigenvalue weighted by atomic mass is 16.3. The predicted octanol–water partition coefficient (Wildman–Crippen LogP) is 1.78. The summed E-state index contributed by atoms with van der Waals surface area (Å²) < 4.78 is 0. The summed E-state index contributed by atoms with van der Waals surface area (Å²) in [6.45, 7) is 1.56. The van der Waals surface area contributed by atoms with Crippen molar-refractivity contribution in [2.75, 3.05) is 0 Å². The summed E-state index contributed by atoms with van der Waals surface area (Å²) in [5.74, 6) is 0.0336. The fraction of sp³-hybridized carbons (Fsp3) is 0.182. The molecule has 1 N–H and O–H groups in total. The smallest absolute Gasteiger partial charge is 0.152 e. The summed E-state index contributed by atoms with van der Waals surface area (Å²) in [6, 6.07) is 7.40. The zero-order chi connectivity index (χ0) is 9.68. The third-order valence-electron chi connectivity index (χ3n) is 1.67. The van der Waals surface area contributed by atoms with E-state index >= 15 is 0 Å². The van der Waals surface area contributed by atoms with Crippen molar-refractivity contribution < 1.29 is 9.90 Å². The molecule has 0 radical (unpaired) electrons. The fourth-order valence-corrected chi connectivity index (χ4v) is 0.948. The molecule has 1 aromatic carbocycles. The molecule has 0 aliphatic rings. The molecule has 0 aliphatic carbocycles. The van der Waals surface area contributed by atoms with Gasteiger partial charge in [-0.15, -0.1) is 0 Å². The highest BCUT2D eigenvalue weighted by molar-refractivity contribution is 5.91. The maximum Gasteiger partial charge on any atom is 0.152 e. The van der Waals surface area contributed by atoms with Gasteiger partial charge in [0, 0.05) is 0 Å². The van der Waals surface area contributed by atoms with E-state index in [4.69, 9.17) is 5.11 Å². The van der Waals surface area contributed by atoms with E-state index in [1.165, 1.54) is 13.0 Å². The van der Waals surface area contributed by atoms with Crippen LogP contribution in [0.2, 0.25) is 0 Å². The molecular weight excluding hydrogens is 164 g/mol. The van der Waals surface area contributed by atoms with E-state index < -0.39 is 0 Å². The predicted molar refractivity (Wildman–Crippen MR) is 52.1 cm³/mol. The summed E-state index contributed by atoms with van der Waals surface area (Å²) in [7, 11) is 0. The minimum absolute atomic E-state index is 0.0336. The van der Waals surface area contributed by atoms with Gasteiger partial charge in [0.1, 0.15) is 0 Å². The molecule has 0 aliphatic heterocycles. The molecule has 0 unspecified atom stereocenters. The van der Waals surface area contributed by atoms with E-state index in [0.29, 0.717) is 0 Å². The fourth-order valence-electron chi connectivity index (χ4n) is 0.948. The van der Waals surface area contributed by atoms with Gasteiger partial charge >= 0.3 is 0 Å². The van der Waals surface area contributed by atoms with Crippen molar-refractivity contribution in [1.29, 1.82) is 0 Å². The molecule has 13 heavy (non-hydrogen) atoms. The Balaban J connectivity index is 2.75. The largest absolute Gasteiger partial charge is 0.392 e. The Bertz CT molecular complexity index is 309. The van der Waals surface area contributed by atoms with Crippen molar-refractivity contribution in [2.24, 2.45) is 0 Å². The molecule has 68 valence electrons. The van der Waals surface area contributed by atoms with Crippen molar-refractivity contribution >= 4 is 11.9 Å². The molecule has 0 bridgehead atoms. The molecule has 0 aromatic heterocycles. The number of carbonyl (C=O) groups excluding carboxylic acids is 1. The van der Waals surface area contributed by atoms with Crippen LogP contribution in [-0.2, 0) is 11.4 Å². The van der Waals surface area contributed by atoms with Gasteiger partial charge in [-0.2, -0.15) is 0 Å². The average Bonchev–Trinajstić information content (AvgIpc) is 2.15. The van der Waals surface area contributed by atoms with Gasteiger partial charge in [-0.1, -0.05) is 30.3 Å². The lowest BCUT2D eigenvalue weighted by molar-refractivity contribution is -0.112. The summed E-state index contributed by atoms with van der Waals surface area (Å²) in [4.78, 5) is 10.6. The van der Waals surface area contributed by atoms with E-state index in [1.54, 1.807) is 6.08 Å². The van der Waals surface area contributed by atoms with Gasteiger partial charge in [-0.25, -0.2) is 0 Å². The van der Waals surface area contributed by atoms with Crippen LogP contribution in [0.5, 0.6) is 0 Å². The number of hydrogen-bond acceptors (Lipinski definition) is 2. The maximum atomic E-state index is 10.6. The van der Waals surface area contributed by atoms with Gasteiger partial charge in [0.25, 0.3) is 0 Å². The third kappa shape index (κ3) is 3.22. The Morgan fingerprint density at radius 1 is 1.38 bits per heavy atom. The second-order valence-corrected chi connectivity index (χ2v) is 2.84. The zero-order valence-electron chi connectivity index (χ0n) is 7.53. The second kappa shape index (κ2) is 4.58. The first-order valence-electron chi connectivity index (χ1n) is 4.11. The third-order valence-corrected chi connectivity index (χ3v) is 1.67. The minimum atomic E-state index is 0.0336. The molecule has 0 atom stereocenters. The molecule has 0 saturated carbocycles. The van der Waals surface area contributed by atoms with Gasteiger partial charge in [-0.05, 0) is 24.1 Å². The van der Waals surface area contributed by atoms with Crippen LogP contribution in [0.25, 0.3) is 6.08 Å². The number of ketones is 1. The molecule has 1 rings (SSSR count). The number of aliphatic hydroxyl groups is 1. The Morgan fingerprint density at radius 3 is 2.46 bits per heavy atom. The van der Waals surface area contributed by atoms with Crippen LogP contribution >= 0.6 is 0 Å². The van der Waals surface area contributed by atoms with Crippen LogP contribution in [0.15, 0.2) is 30.3 Å². The highest BCUT2D eigenvalue weighted by Gasteiger charge is 1.90. The molecule has 0 fully saturated rings. The summed E-state index contributed by atoms with van der Waals surface area (Å²) in [6.07, 6.45) is 3.28. The molecule has 0 saturated heterocycles. The molecule has 0 heterocycles. The first kappa shape index (κ1) is 9.68. The second-order valence-electron chi connectivity index (χ2n) is 2.84. The van der Waals surface area contributed by atoms with E-state index in [-0.39, 0.29) is 12.4 Å². The number of hydrogen-bond donors (Lipinski definition) is 1. The van der Waals surface area contributed by atoms with Crippen molar-refractivity contribution in [2.45, 2.75) is 13.5 Å². The first-order valence-corrected chi connectivity index (χ1v) is 4.11. The SMILES string of the molecule is CC(=O)C=Cc1ccc(CO)cc1. The van der Waals surface area contributed by atoms with Gasteiger partial charge in [-0.3, -0.25) is 4.79 Å². The van der Waals surface area contributed by atoms with Crippen molar-refractivity contribution in [1.82, 2.24) is 0 Å². The Kier molecular flexibility index (Phi) is 3.41. The number of carbonyl (C=O) groups is 1. The molecule has 0 amide bonds. The van der Waals surface area contributed by atoms with Crippen LogP contribution in [0.1, 0.15) is 18.1 Å². The Hall–Kier alpha value is -1.41. The number of allylic oxidation sites excluding steroid dienone is 1. The topological polar surface area (TPSA) is 37.3 Å². The maximum absolute atomic E-state index is 10.6. The number of benzene rings is 1. The lowest BCUT2D eigenvalue weighted by atomic mass is 10.1. The van der Waals surface area contributed by atoms with E-state index in [2.05, 4.69) is 0 Å². The molecule has 0 spiro atoms. The van der Waals surface area contributed by atoms with Crippen LogP contribution in [0.3, 0.4) is 0 Å². The number of aliphatic hydroxyl groups excluding tert-OH is 1. The summed E-state index contributed by atoms with van der Waals surface area (Å²) in [5.41, 5.74) is 1.84.